The molecule has 3 nitrogen and oxygen atoms in total. The lowest BCUT2D eigenvalue weighted by Gasteiger charge is -2.33. The topological polar surface area (TPSA) is 41.1 Å². The maximum Gasteiger partial charge on any atom is 0.221 e. The normalized spacial score (nSPS) is 31.3. The number of hydrogen-bond donors (Lipinski definition) is 2. The summed E-state index contributed by atoms with van der Waals surface area (Å²) in [5, 5.41) is 6.15. The molecular weight excluding hydrogens is 188 g/mol. The molecule has 15 heavy (non-hydrogen) atoms. The van der Waals surface area contributed by atoms with Gasteiger partial charge in [0.05, 0.1) is 0 Å². The standard InChI is InChI=1S/C12H24N2O/c1-9-4-5-10(2)11(8-9)14-7-6-12(15)13-3/h9-11,14H,4-8H2,1-3H3,(H,13,15). The lowest BCUT2D eigenvalue weighted by atomic mass is 9.80. The Labute approximate surface area is 93.0 Å². The van der Waals surface area contributed by atoms with E-state index in [-0.39, 0.29) is 5.91 Å². The molecule has 1 amide bonds. The molecule has 3 atom stereocenters. The summed E-state index contributed by atoms with van der Waals surface area (Å²) in [5.74, 6) is 1.71. The monoisotopic (exact) mass is 212 g/mol. The molecule has 1 saturated carbocycles. The quantitative estimate of drug-likeness (QED) is 0.742. The van der Waals surface area contributed by atoms with Crippen molar-refractivity contribution in [2.45, 2.75) is 45.6 Å². The second kappa shape index (κ2) is 6.11. The van der Waals surface area contributed by atoms with Gasteiger partial charge in [0.1, 0.15) is 0 Å². The van der Waals surface area contributed by atoms with Gasteiger partial charge in [0.15, 0.2) is 0 Å². The zero-order chi connectivity index (χ0) is 11.3. The first kappa shape index (κ1) is 12.5. The molecule has 1 rings (SSSR count). The average molecular weight is 212 g/mol. The third kappa shape index (κ3) is 4.20. The van der Waals surface area contributed by atoms with Gasteiger partial charge in [-0.1, -0.05) is 20.3 Å². The minimum Gasteiger partial charge on any atom is -0.359 e. The summed E-state index contributed by atoms with van der Waals surface area (Å²) in [5.41, 5.74) is 0. The van der Waals surface area contributed by atoms with Crippen molar-refractivity contribution in [2.24, 2.45) is 11.8 Å². The number of carbonyl (C=O) groups excluding carboxylic acids is 1. The van der Waals surface area contributed by atoms with Gasteiger partial charge in [0.2, 0.25) is 5.91 Å². The van der Waals surface area contributed by atoms with Crippen LogP contribution in [0.1, 0.15) is 39.5 Å². The Bertz CT molecular complexity index is 206. The Kier molecular flexibility index (Phi) is 5.09. The van der Waals surface area contributed by atoms with Crippen LogP contribution in [-0.4, -0.2) is 25.5 Å². The zero-order valence-corrected chi connectivity index (χ0v) is 10.2. The molecule has 1 aliphatic rings. The van der Waals surface area contributed by atoms with Crippen molar-refractivity contribution in [1.29, 1.82) is 0 Å². The Morgan fingerprint density at radius 3 is 2.73 bits per heavy atom. The smallest absolute Gasteiger partial charge is 0.221 e. The predicted molar refractivity (Wildman–Crippen MR) is 62.7 cm³/mol. The molecule has 2 N–H and O–H groups in total. The first-order chi connectivity index (χ1) is 7.13. The summed E-state index contributed by atoms with van der Waals surface area (Å²) in [6.07, 6.45) is 4.52. The number of rotatable bonds is 4. The van der Waals surface area contributed by atoms with Crippen LogP contribution in [-0.2, 0) is 4.79 Å². The molecule has 0 bridgehead atoms. The first-order valence-electron chi connectivity index (χ1n) is 6.07. The van der Waals surface area contributed by atoms with Crippen LogP contribution >= 0.6 is 0 Å². The average Bonchev–Trinajstić information content (AvgIpc) is 2.23. The summed E-state index contributed by atoms with van der Waals surface area (Å²) >= 11 is 0. The highest BCUT2D eigenvalue weighted by Gasteiger charge is 2.24. The maximum atomic E-state index is 11.0. The van der Waals surface area contributed by atoms with E-state index in [1.54, 1.807) is 7.05 Å². The lowest BCUT2D eigenvalue weighted by molar-refractivity contribution is -0.120. The predicted octanol–water partition coefficient (Wildman–Crippen LogP) is 1.54. The van der Waals surface area contributed by atoms with Crippen molar-refractivity contribution >= 4 is 5.91 Å². The fourth-order valence-electron chi connectivity index (χ4n) is 2.31. The van der Waals surface area contributed by atoms with E-state index in [4.69, 9.17) is 0 Å². The maximum absolute atomic E-state index is 11.0. The van der Waals surface area contributed by atoms with Crippen LogP contribution in [0.2, 0.25) is 0 Å². The van der Waals surface area contributed by atoms with E-state index in [1.165, 1.54) is 19.3 Å². The first-order valence-corrected chi connectivity index (χ1v) is 6.07. The molecule has 1 fully saturated rings. The SMILES string of the molecule is CNC(=O)CCNC1CC(C)CCC1C. The van der Waals surface area contributed by atoms with E-state index in [0.717, 1.165) is 18.4 Å². The van der Waals surface area contributed by atoms with Gasteiger partial charge in [0, 0.05) is 26.1 Å². The van der Waals surface area contributed by atoms with Crippen LogP contribution in [0, 0.1) is 11.8 Å². The molecule has 0 aromatic carbocycles. The van der Waals surface area contributed by atoms with E-state index < -0.39 is 0 Å². The van der Waals surface area contributed by atoms with Gasteiger partial charge in [-0.2, -0.15) is 0 Å². The molecule has 1 aliphatic carbocycles. The molecule has 0 radical (unpaired) electrons. The zero-order valence-electron chi connectivity index (χ0n) is 10.2. The van der Waals surface area contributed by atoms with Gasteiger partial charge in [-0.05, 0) is 24.7 Å². The Hall–Kier alpha value is -0.570. The van der Waals surface area contributed by atoms with E-state index in [1.807, 2.05) is 0 Å². The fraction of sp³-hybridized carbons (Fsp3) is 0.917. The van der Waals surface area contributed by atoms with E-state index in [0.29, 0.717) is 12.5 Å². The van der Waals surface area contributed by atoms with Crippen LogP contribution in [0.4, 0.5) is 0 Å². The summed E-state index contributed by atoms with van der Waals surface area (Å²) in [4.78, 5) is 11.0. The van der Waals surface area contributed by atoms with E-state index >= 15 is 0 Å². The molecular formula is C12H24N2O. The molecule has 3 unspecified atom stereocenters. The number of carbonyl (C=O) groups is 1. The van der Waals surface area contributed by atoms with E-state index in [9.17, 15) is 4.79 Å². The highest BCUT2D eigenvalue weighted by Crippen LogP contribution is 2.28. The van der Waals surface area contributed by atoms with Gasteiger partial charge >= 0.3 is 0 Å². The third-order valence-corrected chi connectivity index (χ3v) is 3.50. The summed E-state index contributed by atoms with van der Waals surface area (Å²) in [7, 11) is 1.69. The highest BCUT2D eigenvalue weighted by atomic mass is 16.1. The highest BCUT2D eigenvalue weighted by molar-refractivity contribution is 5.75. The van der Waals surface area contributed by atoms with Crippen molar-refractivity contribution in [1.82, 2.24) is 10.6 Å². The van der Waals surface area contributed by atoms with Crippen LogP contribution < -0.4 is 10.6 Å². The van der Waals surface area contributed by atoms with Crippen LogP contribution in [0.3, 0.4) is 0 Å². The molecule has 0 heterocycles. The minimum absolute atomic E-state index is 0.124. The lowest BCUT2D eigenvalue weighted by Crippen LogP contribution is -2.40. The Morgan fingerprint density at radius 2 is 2.07 bits per heavy atom. The second-order valence-corrected chi connectivity index (χ2v) is 4.88. The van der Waals surface area contributed by atoms with Gasteiger partial charge in [0.25, 0.3) is 0 Å². The van der Waals surface area contributed by atoms with Crippen molar-refractivity contribution in [3.63, 3.8) is 0 Å². The van der Waals surface area contributed by atoms with Crippen LogP contribution in [0.25, 0.3) is 0 Å². The van der Waals surface area contributed by atoms with Crippen molar-refractivity contribution in [3.8, 4) is 0 Å². The van der Waals surface area contributed by atoms with Crippen LogP contribution in [0.15, 0.2) is 0 Å². The van der Waals surface area contributed by atoms with Gasteiger partial charge in [-0.3, -0.25) is 4.79 Å². The summed E-state index contributed by atoms with van der Waals surface area (Å²) < 4.78 is 0. The molecule has 0 saturated heterocycles. The second-order valence-electron chi connectivity index (χ2n) is 4.88. The molecule has 0 aromatic heterocycles. The molecule has 88 valence electrons. The molecule has 0 aromatic rings. The van der Waals surface area contributed by atoms with Crippen molar-refractivity contribution in [2.75, 3.05) is 13.6 Å². The van der Waals surface area contributed by atoms with E-state index in [2.05, 4.69) is 24.5 Å². The third-order valence-electron chi connectivity index (χ3n) is 3.50. The van der Waals surface area contributed by atoms with Gasteiger partial charge in [-0.25, -0.2) is 0 Å². The number of nitrogens with one attached hydrogen (secondary N) is 2. The Morgan fingerprint density at radius 1 is 1.33 bits per heavy atom. The number of amides is 1. The summed E-state index contributed by atoms with van der Waals surface area (Å²) in [6.45, 7) is 5.43. The fourth-order valence-corrected chi connectivity index (χ4v) is 2.31. The van der Waals surface area contributed by atoms with Crippen LogP contribution in [0.5, 0.6) is 0 Å². The largest absolute Gasteiger partial charge is 0.359 e. The van der Waals surface area contributed by atoms with Gasteiger partial charge in [-0.15, -0.1) is 0 Å². The molecule has 0 spiro atoms. The minimum atomic E-state index is 0.124. The molecule has 3 heteroatoms. The summed E-state index contributed by atoms with van der Waals surface area (Å²) in [6, 6.07) is 0.610. The Balaban J connectivity index is 2.21. The van der Waals surface area contributed by atoms with Crippen molar-refractivity contribution < 1.29 is 4.79 Å². The molecule has 0 aliphatic heterocycles. The number of hydrogen-bond acceptors (Lipinski definition) is 2. The van der Waals surface area contributed by atoms with Gasteiger partial charge < -0.3 is 10.6 Å². The van der Waals surface area contributed by atoms with Crippen molar-refractivity contribution in [3.05, 3.63) is 0 Å².